The molecule has 0 saturated heterocycles. The minimum absolute atomic E-state index is 0.0641. The molecule has 0 amide bonds. The number of ether oxygens (including phenoxy) is 1. The van der Waals surface area contributed by atoms with E-state index in [-0.39, 0.29) is 18.3 Å². The predicted molar refractivity (Wildman–Crippen MR) is 128 cm³/mol. The molecule has 2 rings (SSSR count). The van der Waals surface area contributed by atoms with E-state index >= 15 is 0 Å². The summed E-state index contributed by atoms with van der Waals surface area (Å²) in [6.45, 7) is 5.37. The molecule has 0 atom stereocenters. The van der Waals surface area contributed by atoms with Gasteiger partial charge in [0.25, 0.3) is 0 Å². The van der Waals surface area contributed by atoms with E-state index in [4.69, 9.17) is 22.4 Å². The summed E-state index contributed by atoms with van der Waals surface area (Å²) in [6.07, 6.45) is 11.3. The molecule has 2 aromatic rings. The first-order valence-corrected chi connectivity index (χ1v) is 10.7. The number of imidazole rings is 1. The second kappa shape index (κ2) is 14.3. The molecule has 176 valence electrons. The Kier molecular flexibility index (Phi) is 11.8. The quantitative estimate of drug-likeness (QED) is 0.186. The van der Waals surface area contributed by atoms with Crippen molar-refractivity contribution in [3.63, 3.8) is 0 Å². The number of nitrogens with two attached hydrogens (primary N) is 1. The molecule has 0 spiro atoms. The molecule has 0 aliphatic carbocycles. The number of ketones is 1. The van der Waals surface area contributed by atoms with Gasteiger partial charge in [-0.05, 0) is 51.1 Å². The van der Waals surface area contributed by atoms with Crippen LogP contribution in [-0.2, 0) is 22.4 Å². The summed E-state index contributed by atoms with van der Waals surface area (Å²) in [5, 5.41) is 3.20. The van der Waals surface area contributed by atoms with Crippen molar-refractivity contribution >= 4 is 17.8 Å². The highest BCUT2D eigenvalue weighted by Gasteiger charge is 2.20. The van der Waals surface area contributed by atoms with Gasteiger partial charge in [0.2, 0.25) is 5.95 Å². The lowest BCUT2D eigenvalue weighted by molar-refractivity contribution is -0.117. The van der Waals surface area contributed by atoms with E-state index in [1.807, 2.05) is 51.1 Å². The largest absolute Gasteiger partial charge is 0.443 e. The number of nitrogen functional groups attached to an aromatic ring is 1. The molecular weight excluding hydrogens is 420 g/mol. The first-order valence-electron chi connectivity index (χ1n) is 10.7. The molecule has 0 aliphatic heterocycles. The smallest absolute Gasteiger partial charge is 0.421 e. The van der Waals surface area contributed by atoms with Gasteiger partial charge in [0.05, 0.1) is 12.2 Å². The number of carbonyl (C=O) groups excluding carboxylic acids is 2. The van der Waals surface area contributed by atoms with Crippen LogP contribution in [0, 0.1) is 12.3 Å². The number of aromatic nitrogens is 2. The maximum Gasteiger partial charge on any atom is 0.421 e. The molecule has 1 aromatic carbocycles. The molecule has 0 radical (unpaired) electrons. The summed E-state index contributed by atoms with van der Waals surface area (Å²) >= 11 is 0. The Morgan fingerprint density at radius 3 is 2.55 bits per heavy atom. The second-order valence-corrected chi connectivity index (χ2v) is 8.30. The van der Waals surface area contributed by atoms with Crippen LogP contribution in [0.4, 0.5) is 10.7 Å². The van der Waals surface area contributed by atoms with E-state index in [0.717, 1.165) is 43.4 Å². The van der Waals surface area contributed by atoms with Crippen LogP contribution >= 0.6 is 0 Å². The Morgan fingerprint density at radius 2 is 1.94 bits per heavy atom. The summed E-state index contributed by atoms with van der Waals surface area (Å²) in [7, 11) is 0. The lowest BCUT2D eigenvalue weighted by Crippen LogP contribution is -2.27. The van der Waals surface area contributed by atoms with Crippen molar-refractivity contribution in [2.45, 2.75) is 64.9 Å². The molecule has 0 saturated carbocycles. The highest BCUT2D eigenvalue weighted by atomic mass is 16.6. The van der Waals surface area contributed by atoms with E-state index in [9.17, 15) is 9.59 Å². The predicted octanol–water partition coefficient (Wildman–Crippen LogP) is 5.09. The number of anilines is 1. The van der Waals surface area contributed by atoms with Gasteiger partial charge in [-0.1, -0.05) is 41.9 Å². The molecule has 0 bridgehead atoms. The average Bonchev–Trinajstić information content (AvgIpc) is 3.13. The molecule has 1 aromatic heterocycles. The van der Waals surface area contributed by atoms with Crippen molar-refractivity contribution < 1.29 is 14.3 Å². The van der Waals surface area contributed by atoms with Gasteiger partial charge < -0.3 is 10.5 Å². The summed E-state index contributed by atoms with van der Waals surface area (Å²) in [5.74, 6) is 2.71. The van der Waals surface area contributed by atoms with Crippen molar-refractivity contribution in [1.82, 2.24) is 9.55 Å². The van der Waals surface area contributed by atoms with E-state index in [0.29, 0.717) is 6.42 Å². The zero-order valence-electron chi connectivity index (χ0n) is 19.5. The number of carbonyl (C=O) groups is 2. The highest BCUT2D eigenvalue weighted by molar-refractivity contribution is 5.82. The molecule has 1 heterocycles. The fourth-order valence-corrected chi connectivity index (χ4v) is 2.72. The van der Waals surface area contributed by atoms with Gasteiger partial charge in [0, 0.05) is 24.0 Å². The molecule has 9 nitrogen and oxygen atoms in total. The first kappa shape index (κ1) is 27.3. The Bertz CT molecular complexity index is 980. The molecular formula is C24H32N6O3. The second-order valence-electron chi connectivity index (χ2n) is 8.30. The Labute approximate surface area is 195 Å². The SMILES string of the molecule is C#CCCCCCc1cn(C(=O)OC(C)(C)C)c(N)n1.[N-]=[N+]=NCC(=O)Cc1ccccc1. The molecule has 0 aliphatic rings. The molecule has 33 heavy (non-hydrogen) atoms. The zero-order chi connectivity index (χ0) is 24.7. The van der Waals surface area contributed by atoms with E-state index in [1.165, 1.54) is 4.57 Å². The Balaban J connectivity index is 0.000000361. The van der Waals surface area contributed by atoms with Gasteiger partial charge in [-0.15, -0.1) is 12.3 Å². The van der Waals surface area contributed by atoms with Crippen LogP contribution in [0.15, 0.2) is 41.6 Å². The average molecular weight is 453 g/mol. The number of nitrogens with zero attached hydrogens (tertiary/aromatic N) is 5. The number of unbranched alkanes of at least 4 members (excludes halogenated alkanes) is 3. The van der Waals surface area contributed by atoms with Crippen LogP contribution < -0.4 is 5.73 Å². The van der Waals surface area contributed by atoms with Gasteiger partial charge in [-0.2, -0.15) is 0 Å². The minimum atomic E-state index is -0.552. The number of terminal acetylenes is 1. The van der Waals surface area contributed by atoms with E-state index in [2.05, 4.69) is 20.9 Å². The van der Waals surface area contributed by atoms with Crippen LogP contribution in [0.1, 0.15) is 57.7 Å². The lowest BCUT2D eigenvalue weighted by atomic mass is 10.1. The third-order valence-electron chi connectivity index (χ3n) is 4.18. The third-order valence-corrected chi connectivity index (χ3v) is 4.18. The van der Waals surface area contributed by atoms with Crippen molar-refractivity contribution in [3.8, 4) is 12.3 Å². The number of aryl methyl sites for hydroxylation is 1. The van der Waals surface area contributed by atoms with Gasteiger partial charge in [-0.25, -0.2) is 14.3 Å². The highest BCUT2D eigenvalue weighted by Crippen LogP contribution is 2.14. The number of hydrogen-bond acceptors (Lipinski definition) is 6. The molecule has 0 fully saturated rings. The van der Waals surface area contributed by atoms with Gasteiger partial charge in [-0.3, -0.25) is 4.79 Å². The third kappa shape index (κ3) is 12.0. The van der Waals surface area contributed by atoms with Crippen LogP contribution in [0.5, 0.6) is 0 Å². The minimum Gasteiger partial charge on any atom is -0.443 e. The first-order chi connectivity index (χ1) is 15.7. The number of rotatable bonds is 9. The normalized spacial score (nSPS) is 10.2. The van der Waals surface area contributed by atoms with Gasteiger partial charge in [0.1, 0.15) is 11.4 Å². The van der Waals surface area contributed by atoms with Crippen molar-refractivity contribution in [3.05, 3.63) is 58.2 Å². The fourth-order valence-electron chi connectivity index (χ4n) is 2.72. The maximum atomic E-state index is 11.9. The molecule has 0 unspecified atom stereocenters. The number of hydrogen-bond donors (Lipinski definition) is 1. The van der Waals surface area contributed by atoms with Gasteiger partial charge >= 0.3 is 6.09 Å². The van der Waals surface area contributed by atoms with Gasteiger partial charge in [0.15, 0.2) is 0 Å². The van der Waals surface area contributed by atoms with Crippen molar-refractivity contribution in [2.24, 2.45) is 5.11 Å². The summed E-state index contributed by atoms with van der Waals surface area (Å²) in [5.41, 5.74) is 14.9. The molecule has 2 N–H and O–H groups in total. The lowest BCUT2D eigenvalue weighted by Gasteiger charge is -2.19. The Hall–Kier alpha value is -3.76. The van der Waals surface area contributed by atoms with Crippen molar-refractivity contribution in [2.75, 3.05) is 12.3 Å². The summed E-state index contributed by atoms with van der Waals surface area (Å²) < 4.78 is 6.51. The number of benzene rings is 1. The number of Topliss-reactive ketones (excluding diaryl/α,β-unsaturated/α-hetero) is 1. The van der Waals surface area contributed by atoms with E-state index < -0.39 is 11.7 Å². The zero-order valence-corrected chi connectivity index (χ0v) is 19.5. The van der Waals surface area contributed by atoms with Crippen LogP contribution in [-0.4, -0.2) is 33.6 Å². The molecule has 9 heteroatoms. The standard InChI is InChI=1S/C15H23N3O2.C9H9N3O/c1-5-6-7-8-9-10-12-11-18(13(16)17-12)14(19)20-15(2,3)4;10-12-11-7-9(13)6-8-4-2-1-3-5-8/h1,11H,6-10H2,2-4H3,(H2,16,17);1-5H,6-7H2. The van der Waals surface area contributed by atoms with Crippen molar-refractivity contribution in [1.29, 1.82) is 0 Å². The fraction of sp³-hybridized carbons (Fsp3) is 0.458. The monoisotopic (exact) mass is 452 g/mol. The summed E-state index contributed by atoms with van der Waals surface area (Å²) in [6, 6.07) is 9.37. The van der Waals surface area contributed by atoms with Crippen LogP contribution in [0.25, 0.3) is 10.4 Å². The van der Waals surface area contributed by atoms with Crippen LogP contribution in [0.2, 0.25) is 0 Å². The van der Waals surface area contributed by atoms with Crippen LogP contribution in [0.3, 0.4) is 0 Å². The van der Waals surface area contributed by atoms with E-state index in [1.54, 1.807) is 6.20 Å². The topological polar surface area (TPSA) is 136 Å². The maximum absolute atomic E-state index is 11.9. The number of azide groups is 1. The Morgan fingerprint density at radius 1 is 1.24 bits per heavy atom. The summed E-state index contributed by atoms with van der Waals surface area (Å²) in [4.78, 5) is 29.7.